The minimum atomic E-state index is -0.602. The maximum atomic E-state index is 12.3. The number of alkyl halides is 1. The van der Waals surface area contributed by atoms with Crippen molar-refractivity contribution in [3.8, 4) is 11.5 Å². The molecule has 3 nitrogen and oxygen atoms in total. The molecule has 14 heavy (non-hydrogen) atoms. The summed E-state index contributed by atoms with van der Waals surface area (Å²) < 4.78 is 22.4. The number of nitrogens with two attached hydrogens (primary N) is 1. The molecule has 4 heteroatoms. The van der Waals surface area contributed by atoms with Crippen molar-refractivity contribution in [3.63, 3.8) is 0 Å². The molecule has 0 saturated heterocycles. The number of hydrogen-bond acceptors (Lipinski definition) is 3. The first kappa shape index (κ1) is 10.8. The van der Waals surface area contributed by atoms with E-state index in [0.717, 1.165) is 0 Å². The SMILES string of the molecule is COc1ccc(C(N)CF)cc1OC. The quantitative estimate of drug-likeness (QED) is 0.802. The topological polar surface area (TPSA) is 44.5 Å². The van der Waals surface area contributed by atoms with E-state index in [-0.39, 0.29) is 0 Å². The van der Waals surface area contributed by atoms with E-state index in [1.165, 1.54) is 7.11 Å². The lowest BCUT2D eigenvalue weighted by atomic mass is 10.1. The maximum absolute atomic E-state index is 12.3. The summed E-state index contributed by atoms with van der Waals surface area (Å²) in [6.45, 7) is -0.588. The second-order valence-electron chi connectivity index (χ2n) is 2.88. The van der Waals surface area contributed by atoms with Gasteiger partial charge < -0.3 is 15.2 Å². The first-order chi connectivity index (χ1) is 6.72. The first-order valence-electron chi connectivity index (χ1n) is 4.26. The number of rotatable bonds is 4. The molecule has 0 radical (unpaired) electrons. The van der Waals surface area contributed by atoms with Gasteiger partial charge in [0.1, 0.15) is 6.67 Å². The van der Waals surface area contributed by atoms with Crippen LogP contribution in [0, 0.1) is 0 Å². The van der Waals surface area contributed by atoms with Gasteiger partial charge >= 0.3 is 0 Å². The van der Waals surface area contributed by atoms with E-state index in [1.807, 2.05) is 0 Å². The van der Waals surface area contributed by atoms with E-state index in [4.69, 9.17) is 15.2 Å². The van der Waals surface area contributed by atoms with Gasteiger partial charge in [-0.05, 0) is 17.7 Å². The van der Waals surface area contributed by atoms with Gasteiger partial charge in [0, 0.05) is 0 Å². The minimum absolute atomic E-state index is 0.564. The second kappa shape index (κ2) is 4.81. The zero-order chi connectivity index (χ0) is 10.6. The molecule has 1 rings (SSSR count). The highest BCUT2D eigenvalue weighted by molar-refractivity contribution is 5.43. The molecule has 0 aliphatic carbocycles. The predicted molar refractivity (Wildman–Crippen MR) is 52.4 cm³/mol. The highest BCUT2D eigenvalue weighted by atomic mass is 19.1. The third kappa shape index (κ3) is 2.14. The van der Waals surface area contributed by atoms with Gasteiger partial charge in [-0.2, -0.15) is 0 Å². The van der Waals surface area contributed by atoms with Crippen LogP contribution in [0.4, 0.5) is 4.39 Å². The molecule has 0 saturated carbocycles. The fraction of sp³-hybridized carbons (Fsp3) is 0.400. The molecule has 0 aliphatic heterocycles. The minimum Gasteiger partial charge on any atom is -0.493 e. The molecule has 0 spiro atoms. The van der Waals surface area contributed by atoms with Crippen LogP contribution in [0.5, 0.6) is 11.5 Å². The Morgan fingerprint density at radius 2 is 1.93 bits per heavy atom. The molecule has 0 fully saturated rings. The number of benzene rings is 1. The molecule has 0 amide bonds. The molecule has 0 aliphatic rings. The summed E-state index contributed by atoms with van der Waals surface area (Å²) in [6.07, 6.45) is 0. The van der Waals surface area contributed by atoms with E-state index < -0.39 is 12.7 Å². The summed E-state index contributed by atoms with van der Waals surface area (Å²) >= 11 is 0. The summed E-state index contributed by atoms with van der Waals surface area (Å²) in [5.74, 6) is 1.18. The first-order valence-corrected chi connectivity index (χ1v) is 4.26. The molecule has 0 aromatic heterocycles. The summed E-state index contributed by atoms with van der Waals surface area (Å²) in [6, 6.07) is 4.52. The molecule has 78 valence electrons. The fourth-order valence-corrected chi connectivity index (χ4v) is 1.17. The highest BCUT2D eigenvalue weighted by Gasteiger charge is 2.09. The Hall–Kier alpha value is -1.29. The average molecular weight is 199 g/mol. The van der Waals surface area contributed by atoms with Crippen molar-refractivity contribution >= 4 is 0 Å². The summed E-state index contributed by atoms with van der Waals surface area (Å²) in [7, 11) is 3.08. The molecule has 1 atom stereocenters. The lowest BCUT2D eigenvalue weighted by Gasteiger charge is -2.12. The van der Waals surface area contributed by atoms with Gasteiger partial charge in [-0.25, -0.2) is 4.39 Å². The van der Waals surface area contributed by atoms with Crippen LogP contribution in [-0.2, 0) is 0 Å². The lowest BCUT2D eigenvalue weighted by molar-refractivity contribution is 0.353. The average Bonchev–Trinajstić information content (AvgIpc) is 2.26. The Morgan fingerprint density at radius 1 is 1.29 bits per heavy atom. The Balaban J connectivity index is 3.01. The van der Waals surface area contributed by atoms with Gasteiger partial charge in [0.05, 0.1) is 20.3 Å². The molecule has 1 unspecified atom stereocenters. The van der Waals surface area contributed by atoms with Crippen LogP contribution in [0.25, 0.3) is 0 Å². The van der Waals surface area contributed by atoms with Crippen LogP contribution in [0.3, 0.4) is 0 Å². The number of ether oxygens (including phenoxy) is 2. The predicted octanol–water partition coefficient (Wildman–Crippen LogP) is 1.67. The van der Waals surface area contributed by atoms with Gasteiger partial charge in [-0.1, -0.05) is 6.07 Å². The monoisotopic (exact) mass is 199 g/mol. The summed E-state index contributed by atoms with van der Waals surface area (Å²) in [4.78, 5) is 0. The largest absolute Gasteiger partial charge is 0.493 e. The number of halogens is 1. The van der Waals surface area contributed by atoms with E-state index in [2.05, 4.69) is 0 Å². The zero-order valence-electron chi connectivity index (χ0n) is 8.29. The van der Waals surface area contributed by atoms with E-state index in [9.17, 15) is 4.39 Å². The van der Waals surface area contributed by atoms with E-state index >= 15 is 0 Å². The van der Waals surface area contributed by atoms with E-state index in [1.54, 1.807) is 25.3 Å². The van der Waals surface area contributed by atoms with Crippen molar-refractivity contribution < 1.29 is 13.9 Å². The Kier molecular flexibility index (Phi) is 3.71. The maximum Gasteiger partial charge on any atom is 0.161 e. The Morgan fingerprint density at radius 3 is 2.43 bits per heavy atom. The number of hydrogen-bond donors (Lipinski definition) is 1. The van der Waals surface area contributed by atoms with Gasteiger partial charge in [-0.3, -0.25) is 0 Å². The number of methoxy groups -OCH3 is 2. The van der Waals surface area contributed by atoms with Gasteiger partial charge in [-0.15, -0.1) is 0 Å². The molecular formula is C10H14FNO2. The van der Waals surface area contributed by atoms with Crippen molar-refractivity contribution in [1.82, 2.24) is 0 Å². The standard InChI is InChI=1S/C10H14FNO2/c1-13-9-4-3-7(8(12)6-11)5-10(9)14-2/h3-5,8H,6,12H2,1-2H3. The molecule has 1 aromatic rings. The smallest absolute Gasteiger partial charge is 0.161 e. The van der Waals surface area contributed by atoms with Crippen LogP contribution in [0.1, 0.15) is 11.6 Å². The third-order valence-corrected chi connectivity index (χ3v) is 2.00. The summed E-state index contributed by atoms with van der Waals surface area (Å²) in [5.41, 5.74) is 6.24. The van der Waals surface area contributed by atoms with Crippen LogP contribution < -0.4 is 15.2 Å². The van der Waals surface area contributed by atoms with Crippen LogP contribution in [-0.4, -0.2) is 20.9 Å². The highest BCUT2D eigenvalue weighted by Crippen LogP contribution is 2.29. The van der Waals surface area contributed by atoms with Crippen LogP contribution in [0.2, 0.25) is 0 Å². The van der Waals surface area contributed by atoms with Crippen molar-refractivity contribution in [2.45, 2.75) is 6.04 Å². The van der Waals surface area contributed by atoms with Gasteiger partial charge in [0.2, 0.25) is 0 Å². The molecule has 2 N–H and O–H groups in total. The van der Waals surface area contributed by atoms with E-state index in [0.29, 0.717) is 17.1 Å². The van der Waals surface area contributed by atoms with Crippen molar-refractivity contribution in [2.24, 2.45) is 5.73 Å². The van der Waals surface area contributed by atoms with Crippen molar-refractivity contribution in [3.05, 3.63) is 23.8 Å². The fourth-order valence-electron chi connectivity index (χ4n) is 1.17. The van der Waals surface area contributed by atoms with Crippen LogP contribution >= 0.6 is 0 Å². The second-order valence-corrected chi connectivity index (χ2v) is 2.88. The Bertz CT molecular complexity index is 304. The van der Waals surface area contributed by atoms with Gasteiger partial charge in [0.15, 0.2) is 11.5 Å². The third-order valence-electron chi connectivity index (χ3n) is 2.00. The lowest BCUT2D eigenvalue weighted by Crippen LogP contribution is -2.12. The molecular weight excluding hydrogens is 185 g/mol. The zero-order valence-corrected chi connectivity index (χ0v) is 8.29. The summed E-state index contributed by atoms with van der Waals surface area (Å²) in [5, 5.41) is 0. The normalized spacial score (nSPS) is 12.3. The molecule has 0 heterocycles. The van der Waals surface area contributed by atoms with Crippen molar-refractivity contribution in [1.29, 1.82) is 0 Å². The van der Waals surface area contributed by atoms with Gasteiger partial charge in [0.25, 0.3) is 0 Å². The van der Waals surface area contributed by atoms with Crippen molar-refractivity contribution in [2.75, 3.05) is 20.9 Å². The Labute approximate surface area is 82.6 Å². The molecule has 0 bridgehead atoms. The molecule has 1 aromatic carbocycles. The van der Waals surface area contributed by atoms with Crippen LogP contribution in [0.15, 0.2) is 18.2 Å².